The Bertz CT molecular complexity index is 789. The fraction of sp³-hybridized carbons (Fsp3) is 0.524. The fourth-order valence-corrected chi connectivity index (χ4v) is 4.39. The van der Waals surface area contributed by atoms with Gasteiger partial charge < -0.3 is 19.9 Å². The maximum absolute atomic E-state index is 13.8. The Morgan fingerprint density at radius 3 is 3.00 bits per heavy atom. The van der Waals surface area contributed by atoms with E-state index in [0.717, 1.165) is 43.6 Å². The van der Waals surface area contributed by atoms with Gasteiger partial charge in [-0.2, -0.15) is 0 Å². The minimum atomic E-state index is -0.286. The topological polar surface area (TPSA) is 70.2 Å². The van der Waals surface area contributed by atoms with E-state index >= 15 is 0 Å². The fourth-order valence-electron chi connectivity index (χ4n) is 4.39. The zero-order valence-electron chi connectivity index (χ0n) is 16.0. The van der Waals surface area contributed by atoms with E-state index in [9.17, 15) is 9.18 Å². The zero-order valence-corrected chi connectivity index (χ0v) is 16.0. The summed E-state index contributed by atoms with van der Waals surface area (Å²) in [6.45, 7) is 3.14. The van der Waals surface area contributed by atoms with Crippen LogP contribution < -0.4 is 5.32 Å². The average molecular weight is 386 g/mol. The molecule has 0 spiro atoms. The SMILES string of the molecule is O=C(NCC1(c2cccc(F)c2)CCOCC1)N1CCC[C@@H](c2ncc[nH]2)C1. The number of piperidine rings is 1. The van der Waals surface area contributed by atoms with Crippen molar-refractivity contribution in [3.05, 3.63) is 53.9 Å². The monoisotopic (exact) mass is 386 g/mol. The molecule has 1 aromatic carbocycles. The minimum Gasteiger partial charge on any atom is -0.381 e. The number of rotatable bonds is 4. The van der Waals surface area contributed by atoms with Crippen LogP contribution in [0.1, 0.15) is 43.0 Å². The number of benzene rings is 1. The van der Waals surface area contributed by atoms with E-state index in [0.29, 0.717) is 26.3 Å². The molecule has 2 saturated heterocycles. The summed E-state index contributed by atoms with van der Waals surface area (Å²) in [6.07, 6.45) is 7.10. The number of nitrogens with one attached hydrogen (secondary N) is 2. The molecular weight excluding hydrogens is 359 g/mol. The Hall–Kier alpha value is -2.41. The van der Waals surface area contributed by atoms with Crippen LogP contribution in [0.25, 0.3) is 0 Å². The molecule has 28 heavy (non-hydrogen) atoms. The largest absolute Gasteiger partial charge is 0.381 e. The van der Waals surface area contributed by atoms with Gasteiger partial charge in [0.1, 0.15) is 11.6 Å². The van der Waals surface area contributed by atoms with E-state index in [2.05, 4.69) is 15.3 Å². The van der Waals surface area contributed by atoms with E-state index in [4.69, 9.17) is 4.74 Å². The van der Waals surface area contributed by atoms with Gasteiger partial charge in [-0.1, -0.05) is 12.1 Å². The minimum absolute atomic E-state index is 0.0569. The molecule has 0 bridgehead atoms. The Morgan fingerprint density at radius 1 is 1.39 bits per heavy atom. The number of carbonyl (C=O) groups is 1. The number of hydrogen-bond acceptors (Lipinski definition) is 3. The molecule has 2 amide bonds. The summed E-state index contributed by atoms with van der Waals surface area (Å²) >= 11 is 0. The van der Waals surface area contributed by atoms with Crippen LogP contribution in [0.15, 0.2) is 36.7 Å². The Balaban J connectivity index is 1.43. The Labute approximate surface area is 164 Å². The van der Waals surface area contributed by atoms with Crippen molar-refractivity contribution in [1.29, 1.82) is 0 Å². The molecule has 0 unspecified atom stereocenters. The third-order valence-corrected chi connectivity index (χ3v) is 6.08. The first-order chi connectivity index (χ1) is 13.7. The second kappa shape index (κ2) is 8.31. The molecule has 1 atom stereocenters. The lowest BCUT2D eigenvalue weighted by atomic mass is 9.74. The van der Waals surface area contributed by atoms with Gasteiger partial charge in [-0.25, -0.2) is 14.2 Å². The summed E-state index contributed by atoms with van der Waals surface area (Å²) in [7, 11) is 0. The number of urea groups is 1. The van der Waals surface area contributed by atoms with Crippen molar-refractivity contribution < 1.29 is 13.9 Å². The summed E-state index contributed by atoms with van der Waals surface area (Å²) in [4.78, 5) is 22.3. The smallest absolute Gasteiger partial charge is 0.317 e. The normalized spacial score (nSPS) is 22.0. The number of amides is 2. The van der Waals surface area contributed by atoms with Crippen LogP contribution in [0.2, 0.25) is 0 Å². The number of halogens is 1. The van der Waals surface area contributed by atoms with Crippen molar-refractivity contribution in [2.75, 3.05) is 32.8 Å². The molecule has 0 radical (unpaired) electrons. The van der Waals surface area contributed by atoms with Crippen LogP contribution in [-0.4, -0.2) is 53.7 Å². The maximum Gasteiger partial charge on any atom is 0.317 e. The lowest BCUT2D eigenvalue weighted by Gasteiger charge is -2.39. The van der Waals surface area contributed by atoms with Crippen LogP contribution in [0.3, 0.4) is 0 Å². The zero-order chi connectivity index (χ0) is 19.4. The van der Waals surface area contributed by atoms with Crippen molar-refractivity contribution in [2.45, 2.75) is 37.0 Å². The van der Waals surface area contributed by atoms with Crippen molar-refractivity contribution in [3.63, 3.8) is 0 Å². The van der Waals surface area contributed by atoms with E-state index in [-0.39, 0.29) is 23.2 Å². The molecule has 1 aromatic heterocycles. The van der Waals surface area contributed by atoms with Gasteiger partial charge in [0.25, 0.3) is 0 Å². The Morgan fingerprint density at radius 2 is 2.25 bits per heavy atom. The third kappa shape index (κ3) is 4.04. The number of aromatic nitrogens is 2. The summed E-state index contributed by atoms with van der Waals surface area (Å²) in [5, 5.41) is 3.13. The van der Waals surface area contributed by atoms with Gasteiger partial charge in [-0.15, -0.1) is 0 Å². The number of aromatic amines is 1. The van der Waals surface area contributed by atoms with Crippen LogP contribution in [0, 0.1) is 5.82 Å². The number of H-pyrrole nitrogens is 1. The predicted molar refractivity (Wildman–Crippen MR) is 104 cm³/mol. The highest BCUT2D eigenvalue weighted by Gasteiger charge is 2.36. The van der Waals surface area contributed by atoms with Crippen molar-refractivity contribution in [3.8, 4) is 0 Å². The molecule has 0 aliphatic carbocycles. The van der Waals surface area contributed by atoms with E-state index in [1.54, 1.807) is 18.3 Å². The number of hydrogen-bond donors (Lipinski definition) is 2. The third-order valence-electron chi connectivity index (χ3n) is 6.08. The van der Waals surface area contributed by atoms with Gasteiger partial charge >= 0.3 is 6.03 Å². The molecule has 6 nitrogen and oxygen atoms in total. The number of nitrogens with zero attached hydrogens (tertiary/aromatic N) is 2. The summed E-state index contributed by atoms with van der Waals surface area (Å²) in [6, 6.07) is 6.68. The maximum atomic E-state index is 13.8. The molecule has 7 heteroatoms. The molecule has 2 N–H and O–H groups in total. The molecule has 0 saturated carbocycles. The van der Waals surface area contributed by atoms with Gasteiger partial charge in [0, 0.05) is 56.6 Å². The number of carbonyl (C=O) groups excluding carboxylic acids is 1. The second-order valence-corrected chi connectivity index (χ2v) is 7.82. The first-order valence-electron chi connectivity index (χ1n) is 10.0. The van der Waals surface area contributed by atoms with Gasteiger partial charge in [0.15, 0.2) is 0 Å². The van der Waals surface area contributed by atoms with Crippen molar-refractivity contribution in [1.82, 2.24) is 20.2 Å². The van der Waals surface area contributed by atoms with Crippen LogP contribution in [0.4, 0.5) is 9.18 Å². The van der Waals surface area contributed by atoms with E-state index in [1.165, 1.54) is 6.07 Å². The molecule has 2 aliphatic heterocycles. The standard InChI is InChI=1S/C21H27FN4O2/c22-18-5-1-4-17(13-18)21(6-11-28-12-7-21)15-25-20(27)26-10-2-3-16(14-26)19-23-8-9-24-19/h1,4-5,8-9,13,16H,2-3,6-7,10-12,14-15H2,(H,23,24)(H,25,27)/t16-/m1/s1. The lowest BCUT2D eigenvalue weighted by molar-refractivity contribution is 0.0498. The van der Waals surface area contributed by atoms with Gasteiger partial charge in [-0.05, 0) is 43.4 Å². The second-order valence-electron chi connectivity index (χ2n) is 7.82. The first-order valence-corrected chi connectivity index (χ1v) is 10.0. The summed E-state index contributed by atoms with van der Waals surface area (Å²) in [5.41, 5.74) is 0.648. The molecule has 150 valence electrons. The molecular formula is C21H27FN4O2. The van der Waals surface area contributed by atoms with Crippen LogP contribution in [0.5, 0.6) is 0 Å². The Kier molecular flexibility index (Phi) is 5.62. The molecule has 2 aliphatic rings. The molecule has 2 fully saturated rings. The van der Waals surface area contributed by atoms with Gasteiger partial charge in [0.2, 0.25) is 0 Å². The van der Waals surface area contributed by atoms with Gasteiger partial charge in [-0.3, -0.25) is 0 Å². The summed E-state index contributed by atoms with van der Waals surface area (Å²) in [5.74, 6) is 0.944. The quantitative estimate of drug-likeness (QED) is 0.848. The number of ether oxygens (including phenoxy) is 1. The highest BCUT2D eigenvalue weighted by Crippen LogP contribution is 2.35. The van der Waals surface area contributed by atoms with E-state index in [1.807, 2.05) is 17.2 Å². The average Bonchev–Trinajstić information content (AvgIpc) is 3.28. The number of imidazole rings is 1. The van der Waals surface area contributed by atoms with Gasteiger partial charge in [0.05, 0.1) is 0 Å². The van der Waals surface area contributed by atoms with Crippen LogP contribution >= 0.6 is 0 Å². The lowest BCUT2D eigenvalue weighted by Crippen LogP contribution is -2.50. The highest BCUT2D eigenvalue weighted by molar-refractivity contribution is 5.74. The first kappa shape index (κ1) is 18.9. The van der Waals surface area contributed by atoms with Crippen LogP contribution in [-0.2, 0) is 10.2 Å². The van der Waals surface area contributed by atoms with E-state index < -0.39 is 0 Å². The molecule has 4 rings (SSSR count). The number of likely N-dealkylation sites (tertiary alicyclic amines) is 1. The molecule has 3 heterocycles. The van der Waals surface area contributed by atoms with Crippen molar-refractivity contribution in [2.24, 2.45) is 0 Å². The predicted octanol–water partition coefficient (Wildman–Crippen LogP) is 3.19. The summed E-state index contributed by atoms with van der Waals surface area (Å²) < 4.78 is 19.4. The molecule has 2 aromatic rings. The van der Waals surface area contributed by atoms with Crippen molar-refractivity contribution >= 4 is 6.03 Å². The highest BCUT2D eigenvalue weighted by atomic mass is 19.1.